The third kappa shape index (κ3) is 2.60. The quantitative estimate of drug-likeness (QED) is 0.885. The maximum absolute atomic E-state index is 11.6. The molecule has 7 nitrogen and oxygen atoms in total. The fourth-order valence-electron chi connectivity index (χ4n) is 1.07. The summed E-state index contributed by atoms with van der Waals surface area (Å²) in [6.07, 6.45) is 4.57. The molecule has 0 aliphatic rings. The summed E-state index contributed by atoms with van der Waals surface area (Å²) in [7, 11) is 0. The molecular formula is C8H7BrN6O. The molecule has 16 heavy (non-hydrogen) atoms. The van der Waals surface area contributed by atoms with Crippen molar-refractivity contribution in [1.29, 1.82) is 0 Å². The number of amides is 1. The Morgan fingerprint density at radius 2 is 2.44 bits per heavy atom. The van der Waals surface area contributed by atoms with Gasteiger partial charge in [-0.2, -0.15) is 0 Å². The number of tetrazole rings is 1. The SMILES string of the molecule is O=C(Cn1cnnn1)Nc1ccncc1Br. The summed E-state index contributed by atoms with van der Waals surface area (Å²) >= 11 is 3.28. The Balaban J connectivity index is 2.00. The van der Waals surface area contributed by atoms with E-state index in [1.807, 2.05) is 0 Å². The van der Waals surface area contributed by atoms with Crippen molar-refractivity contribution in [3.63, 3.8) is 0 Å². The molecule has 0 aromatic carbocycles. The van der Waals surface area contributed by atoms with E-state index in [0.717, 1.165) is 4.47 Å². The molecule has 2 aromatic heterocycles. The predicted octanol–water partition coefficient (Wildman–Crippen LogP) is 0.469. The number of anilines is 1. The van der Waals surface area contributed by atoms with Crippen LogP contribution < -0.4 is 5.32 Å². The Hall–Kier alpha value is -1.83. The monoisotopic (exact) mass is 282 g/mol. The number of nitrogens with zero attached hydrogens (tertiary/aromatic N) is 5. The van der Waals surface area contributed by atoms with Crippen molar-refractivity contribution in [3.05, 3.63) is 29.3 Å². The molecule has 0 aliphatic carbocycles. The Kier molecular flexibility index (Phi) is 3.20. The fourth-order valence-corrected chi connectivity index (χ4v) is 1.42. The first-order valence-electron chi connectivity index (χ1n) is 4.36. The molecule has 2 rings (SSSR count). The number of nitrogens with one attached hydrogen (secondary N) is 1. The van der Waals surface area contributed by atoms with Gasteiger partial charge < -0.3 is 5.32 Å². The number of halogens is 1. The summed E-state index contributed by atoms with van der Waals surface area (Å²) in [5, 5.41) is 13.2. The molecule has 2 heterocycles. The molecule has 8 heteroatoms. The smallest absolute Gasteiger partial charge is 0.246 e. The van der Waals surface area contributed by atoms with Gasteiger partial charge in [-0.1, -0.05) is 0 Å². The van der Waals surface area contributed by atoms with Crippen molar-refractivity contribution in [2.24, 2.45) is 0 Å². The largest absolute Gasteiger partial charge is 0.323 e. The predicted molar refractivity (Wildman–Crippen MR) is 58.4 cm³/mol. The van der Waals surface area contributed by atoms with E-state index in [1.54, 1.807) is 18.5 Å². The molecule has 2 aromatic rings. The summed E-state index contributed by atoms with van der Waals surface area (Å²) < 4.78 is 2.06. The summed E-state index contributed by atoms with van der Waals surface area (Å²) in [5.41, 5.74) is 0.660. The first-order chi connectivity index (χ1) is 7.75. The summed E-state index contributed by atoms with van der Waals surface area (Å²) in [6.45, 7) is 0.0712. The van der Waals surface area contributed by atoms with Gasteiger partial charge in [0.15, 0.2) is 0 Å². The van der Waals surface area contributed by atoms with Gasteiger partial charge in [-0.25, -0.2) is 4.68 Å². The molecule has 0 aliphatic heterocycles. The summed E-state index contributed by atoms with van der Waals surface area (Å²) in [6, 6.07) is 1.70. The van der Waals surface area contributed by atoms with Crippen molar-refractivity contribution in [3.8, 4) is 0 Å². The van der Waals surface area contributed by atoms with E-state index in [2.05, 4.69) is 41.8 Å². The zero-order valence-corrected chi connectivity index (χ0v) is 9.62. The highest BCUT2D eigenvalue weighted by molar-refractivity contribution is 9.10. The maximum atomic E-state index is 11.6. The van der Waals surface area contributed by atoms with Crippen molar-refractivity contribution < 1.29 is 4.79 Å². The lowest BCUT2D eigenvalue weighted by Gasteiger charge is -2.05. The average Bonchev–Trinajstić information content (AvgIpc) is 2.74. The molecule has 0 unspecified atom stereocenters. The van der Waals surface area contributed by atoms with Crippen LogP contribution in [0, 0.1) is 0 Å². The van der Waals surface area contributed by atoms with Crippen molar-refractivity contribution in [2.75, 3.05) is 5.32 Å². The first-order valence-corrected chi connectivity index (χ1v) is 5.15. The van der Waals surface area contributed by atoms with Crippen molar-refractivity contribution in [2.45, 2.75) is 6.54 Å². The Bertz CT molecular complexity index is 485. The first kappa shape index (κ1) is 10.7. The highest BCUT2D eigenvalue weighted by Gasteiger charge is 2.06. The lowest BCUT2D eigenvalue weighted by Crippen LogP contribution is -2.19. The van der Waals surface area contributed by atoms with Crippen LogP contribution in [0.4, 0.5) is 5.69 Å². The minimum absolute atomic E-state index is 0.0712. The minimum Gasteiger partial charge on any atom is -0.323 e. The van der Waals surface area contributed by atoms with Gasteiger partial charge in [0.1, 0.15) is 12.9 Å². The molecule has 0 fully saturated rings. The molecule has 1 amide bonds. The molecule has 0 saturated carbocycles. The highest BCUT2D eigenvalue weighted by atomic mass is 79.9. The van der Waals surface area contributed by atoms with Crippen LogP contribution in [0.3, 0.4) is 0 Å². The van der Waals surface area contributed by atoms with Crippen LogP contribution in [-0.4, -0.2) is 31.1 Å². The van der Waals surface area contributed by atoms with Crippen molar-refractivity contribution in [1.82, 2.24) is 25.2 Å². The van der Waals surface area contributed by atoms with Crippen LogP contribution in [0.2, 0.25) is 0 Å². The molecule has 82 valence electrons. The van der Waals surface area contributed by atoms with E-state index in [1.165, 1.54) is 11.0 Å². The molecular weight excluding hydrogens is 276 g/mol. The maximum Gasteiger partial charge on any atom is 0.246 e. The van der Waals surface area contributed by atoms with Crippen LogP contribution in [0.15, 0.2) is 29.3 Å². The van der Waals surface area contributed by atoms with E-state index in [9.17, 15) is 4.79 Å². The van der Waals surface area contributed by atoms with Gasteiger partial charge in [0.2, 0.25) is 5.91 Å². The molecule has 0 spiro atoms. The third-order valence-electron chi connectivity index (χ3n) is 1.74. The number of rotatable bonds is 3. The van der Waals surface area contributed by atoms with Crippen LogP contribution >= 0.6 is 15.9 Å². The lowest BCUT2D eigenvalue weighted by atomic mass is 10.4. The molecule has 0 bridgehead atoms. The highest BCUT2D eigenvalue weighted by Crippen LogP contribution is 2.19. The second kappa shape index (κ2) is 4.79. The Morgan fingerprint density at radius 3 is 3.12 bits per heavy atom. The topological polar surface area (TPSA) is 85.6 Å². The minimum atomic E-state index is -0.209. The van der Waals surface area contributed by atoms with Crippen LogP contribution in [0.5, 0.6) is 0 Å². The Labute approximate surface area is 99.0 Å². The van der Waals surface area contributed by atoms with Crippen molar-refractivity contribution >= 4 is 27.5 Å². The van der Waals surface area contributed by atoms with Gasteiger partial charge in [-0.15, -0.1) is 5.10 Å². The molecule has 1 N–H and O–H groups in total. The van der Waals surface area contributed by atoms with Crippen LogP contribution in [0.1, 0.15) is 0 Å². The van der Waals surface area contributed by atoms with E-state index in [4.69, 9.17) is 0 Å². The number of hydrogen-bond acceptors (Lipinski definition) is 5. The third-order valence-corrected chi connectivity index (χ3v) is 2.38. The van der Waals surface area contributed by atoms with E-state index >= 15 is 0 Å². The molecule has 0 saturated heterocycles. The normalized spacial score (nSPS) is 10.1. The Morgan fingerprint density at radius 1 is 1.56 bits per heavy atom. The standard InChI is InChI=1S/C8H7BrN6O/c9-6-3-10-2-1-7(6)12-8(16)4-15-5-11-13-14-15/h1-3,5H,4H2,(H,10,12,16). The van der Waals surface area contributed by atoms with E-state index in [0.29, 0.717) is 5.69 Å². The number of hydrogen-bond donors (Lipinski definition) is 1. The van der Waals surface area contributed by atoms with Gasteiger partial charge in [0.25, 0.3) is 0 Å². The zero-order valence-electron chi connectivity index (χ0n) is 8.04. The van der Waals surface area contributed by atoms with Crippen LogP contribution in [0.25, 0.3) is 0 Å². The van der Waals surface area contributed by atoms with Gasteiger partial charge in [-0.3, -0.25) is 9.78 Å². The van der Waals surface area contributed by atoms with E-state index in [-0.39, 0.29) is 12.5 Å². The number of aromatic nitrogens is 5. The summed E-state index contributed by atoms with van der Waals surface area (Å²) in [5.74, 6) is -0.209. The van der Waals surface area contributed by atoms with Gasteiger partial charge in [0.05, 0.1) is 10.2 Å². The number of carbonyl (C=O) groups is 1. The van der Waals surface area contributed by atoms with Gasteiger partial charge in [-0.05, 0) is 32.4 Å². The number of carbonyl (C=O) groups excluding carboxylic acids is 1. The van der Waals surface area contributed by atoms with E-state index < -0.39 is 0 Å². The zero-order chi connectivity index (χ0) is 11.4. The number of pyridine rings is 1. The second-order valence-electron chi connectivity index (χ2n) is 2.91. The fraction of sp³-hybridized carbons (Fsp3) is 0.125. The second-order valence-corrected chi connectivity index (χ2v) is 3.77. The van der Waals surface area contributed by atoms with Gasteiger partial charge >= 0.3 is 0 Å². The van der Waals surface area contributed by atoms with Crippen LogP contribution in [-0.2, 0) is 11.3 Å². The molecule has 0 atom stereocenters. The average molecular weight is 283 g/mol. The lowest BCUT2D eigenvalue weighted by molar-refractivity contribution is -0.116. The van der Waals surface area contributed by atoms with Gasteiger partial charge in [0, 0.05) is 12.4 Å². The molecule has 0 radical (unpaired) electrons. The summed E-state index contributed by atoms with van der Waals surface area (Å²) in [4.78, 5) is 15.5.